The number of imidazole rings is 1. The van der Waals surface area contributed by atoms with E-state index in [1.807, 2.05) is 36.4 Å². The fourth-order valence-electron chi connectivity index (χ4n) is 4.69. The van der Waals surface area contributed by atoms with Gasteiger partial charge in [0.2, 0.25) is 0 Å². The summed E-state index contributed by atoms with van der Waals surface area (Å²) in [5.74, 6) is 1.38. The number of H-pyrrole nitrogens is 1. The van der Waals surface area contributed by atoms with Crippen LogP contribution < -0.4 is 4.18 Å². The summed E-state index contributed by atoms with van der Waals surface area (Å²) in [5, 5.41) is 0.944. The maximum Gasteiger partial charge on any atom is 0.306 e. The molecule has 8 heteroatoms. The minimum atomic E-state index is -3.51. The molecule has 0 spiro atoms. The van der Waals surface area contributed by atoms with Crippen molar-refractivity contribution in [2.24, 2.45) is 0 Å². The number of benzene rings is 3. The summed E-state index contributed by atoms with van der Waals surface area (Å²) in [6, 6.07) is 26.3. The third-order valence-electron chi connectivity index (χ3n) is 6.47. The Morgan fingerprint density at radius 3 is 2.30 bits per heavy atom. The van der Waals surface area contributed by atoms with E-state index < -0.39 is 10.1 Å². The van der Waals surface area contributed by atoms with E-state index in [9.17, 15) is 8.42 Å². The molecule has 0 bridgehead atoms. The molecule has 0 unspecified atom stereocenters. The summed E-state index contributed by atoms with van der Waals surface area (Å²) in [4.78, 5) is 11.0. The van der Waals surface area contributed by atoms with Gasteiger partial charge in [-0.1, -0.05) is 78.5 Å². The fourth-order valence-corrected chi connectivity index (χ4v) is 5.94. The highest BCUT2D eigenvalue weighted by Crippen LogP contribution is 2.32. The van der Waals surface area contributed by atoms with Crippen LogP contribution in [-0.4, -0.2) is 54.9 Å². The minimum Gasteiger partial charge on any atom is -0.383 e. The van der Waals surface area contributed by atoms with Gasteiger partial charge in [-0.15, -0.1) is 0 Å². The molecule has 37 heavy (non-hydrogen) atoms. The highest BCUT2D eigenvalue weighted by molar-refractivity contribution is 7.99. The van der Waals surface area contributed by atoms with Gasteiger partial charge in [-0.3, -0.25) is 0 Å². The quantitative estimate of drug-likeness (QED) is 0.170. The number of thioether (sulfide) groups is 1. The third kappa shape index (κ3) is 6.83. The van der Waals surface area contributed by atoms with Crippen LogP contribution in [0.1, 0.15) is 17.5 Å². The van der Waals surface area contributed by atoms with Crippen LogP contribution in [0.5, 0.6) is 5.75 Å². The monoisotopic (exact) mass is 533 g/mol. The smallest absolute Gasteiger partial charge is 0.306 e. The zero-order chi connectivity index (χ0) is 25.7. The summed E-state index contributed by atoms with van der Waals surface area (Å²) < 4.78 is 28.0. The van der Waals surface area contributed by atoms with Crippen LogP contribution in [0, 0.1) is 0 Å². The lowest BCUT2D eigenvalue weighted by molar-refractivity contribution is 0.289. The van der Waals surface area contributed by atoms with E-state index in [0.717, 1.165) is 78.6 Å². The number of nitrogens with zero attached hydrogens (tertiary/aromatic N) is 2. The van der Waals surface area contributed by atoms with Gasteiger partial charge in [0, 0.05) is 30.0 Å². The van der Waals surface area contributed by atoms with Crippen LogP contribution in [0.15, 0.2) is 84.0 Å². The lowest BCUT2D eigenvalue weighted by atomic mass is 10.0. The molecule has 0 atom stereocenters. The zero-order valence-corrected chi connectivity index (χ0v) is 22.5. The van der Waals surface area contributed by atoms with Crippen LogP contribution >= 0.6 is 11.8 Å². The molecular weight excluding hydrogens is 502 g/mol. The molecule has 2 heterocycles. The second kappa shape index (κ2) is 11.5. The molecule has 0 saturated heterocycles. The first-order chi connectivity index (χ1) is 17.9. The van der Waals surface area contributed by atoms with Crippen LogP contribution in [-0.2, 0) is 23.0 Å². The Morgan fingerprint density at radius 2 is 1.59 bits per heavy atom. The van der Waals surface area contributed by atoms with Crippen molar-refractivity contribution in [1.29, 1.82) is 0 Å². The van der Waals surface area contributed by atoms with Gasteiger partial charge in [-0.25, -0.2) is 4.98 Å². The van der Waals surface area contributed by atoms with E-state index in [2.05, 4.69) is 46.3 Å². The summed E-state index contributed by atoms with van der Waals surface area (Å²) in [7, 11) is -3.51. The van der Waals surface area contributed by atoms with E-state index in [-0.39, 0.29) is 0 Å². The van der Waals surface area contributed by atoms with Gasteiger partial charge in [0.15, 0.2) is 5.16 Å². The SMILES string of the molecule is CS(=O)(=O)Oc1ccc2c(c1)CCN(CCCSc1nc(-c3ccccc3)c(-c3ccccc3)[nH]1)CC2. The van der Waals surface area contributed by atoms with Crippen molar-refractivity contribution >= 4 is 21.9 Å². The normalized spacial score (nSPS) is 14.2. The summed E-state index contributed by atoms with van der Waals surface area (Å²) in [6.45, 7) is 2.98. The number of aromatic nitrogens is 2. The molecule has 1 N–H and O–H groups in total. The van der Waals surface area contributed by atoms with Crippen LogP contribution in [0.3, 0.4) is 0 Å². The maximum atomic E-state index is 11.5. The van der Waals surface area contributed by atoms with Gasteiger partial charge >= 0.3 is 10.1 Å². The number of fused-ring (bicyclic) bond motifs is 1. The average molecular weight is 534 g/mol. The van der Waals surface area contributed by atoms with Crippen molar-refractivity contribution < 1.29 is 12.6 Å². The van der Waals surface area contributed by atoms with Crippen molar-refractivity contribution in [1.82, 2.24) is 14.9 Å². The first-order valence-corrected chi connectivity index (χ1v) is 15.3. The molecule has 3 aromatic carbocycles. The van der Waals surface area contributed by atoms with E-state index in [4.69, 9.17) is 9.17 Å². The van der Waals surface area contributed by atoms with Crippen molar-refractivity contribution in [2.75, 3.05) is 31.6 Å². The fraction of sp³-hybridized carbons (Fsp3) is 0.276. The molecule has 1 aromatic heterocycles. The molecule has 0 aliphatic carbocycles. The molecule has 1 aliphatic heterocycles. The maximum absolute atomic E-state index is 11.5. The van der Waals surface area contributed by atoms with Gasteiger partial charge in [-0.2, -0.15) is 8.42 Å². The molecule has 5 rings (SSSR count). The number of hydrogen-bond acceptors (Lipinski definition) is 6. The molecule has 4 aromatic rings. The van der Waals surface area contributed by atoms with Crippen LogP contribution in [0.4, 0.5) is 0 Å². The van der Waals surface area contributed by atoms with Gasteiger partial charge in [0.25, 0.3) is 0 Å². The van der Waals surface area contributed by atoms with E-state index in [1.54, 1.807) is 17.8 Å². The molecule has 0 amide bonds. The lowest BCUT2D eigenvalue weighted by Gasteiger charge is -2.19. The van der Waals surface area contributed by atoms with Gasteiger partial charge in [-0.05, 0) is 49.1 Å². The predicted molar refractivity (Wildman–Crippen MR) is 151 cm³/mol. The molecule has 0 saturated carbocycles. The van der Waals surface area contributed by atoms with Gasteiger partial charge < -0.3 is 14.1 Å². The molecule has 6 nitrogen and oxygen atoms in total. The molecule has 1 aliphatic rings. The lowest BCUT2D eigenvalue weighted by Crippen LogP contribution is -2.27. The Balaban J connectivity index is 1.18. The van der Waals surface area contributed by atoms with Crippen molar-refractivity contribution in [2.45, 2.75) is 24.4 Å². The van der Waals surface area contributed by atoms with Gasteiger partial charge in [0.05, 0.1) is 17.6 Å². The number of hydrogen-bond donors (Lipinski definition) is 1. The third-order valence-corrected chi connectivity index (χ3v) is 7.92. The summed E-state index contributed by atoms with van der Waals surface area (Å²) >= 11 is 1.77. The van der Waals surface area contributed by atoms with Gasteiger partial charge in [0.1, 0.15) is 5.75 Å². The Hall–Kier alpha value is -3.07. The Bertz CT molecular complexity index is 1380. The standard InChI is InChI=1S/C29H31N3O3S2/c1-37(33,34)35-26-14-13-22-15-18-32(19-16-25(22)21-26)17-8-20-36-29-30-27(23-9-4-2-5-10-23)28(31-29)24-11-6-3-7-12-24/h2-7,9-14,21H,8,15-20H2,1H3,(H,30,31). The largest absolute Gasteiger partial charge is 0.383 e. The predicted octanol–water partition coefficient (Wildman–Crippen LogP) is 5.67. The molecule has 192 valence electrons. The number of aromatic amines is 1. The second-order valence-corrected chi connectivity index (χ2v) is 11.9. The summed E-state index contributed by atoms with van der Waals surface area (Å²) in [5.41, 5.74) is 6.73. The highest BCUT2D eigenvalue weighted by atomic mass is 32.2. The topological polar surface area (TPSA) is 75.3 Å². The van der Waals surface area contributed by atoms with Crippen LogP contribution in [0.25, 0.3) is 22.5 Å². The van der Waals surface area contributed by atoms with Crippen molar-refractivity contribution in [3.63, 3.8) is 0 Å². The Kier molecular flexibility index (Phi) is 7.98. The first kappa shape index (κ1) is 25.6. The second-order valence-electron chi connectivity index (χ2n) is 9.26. The van der Waals surface area contributed by atoms with E-state index in [0.29, 0.717) is 5.75 Å². The van der Waals surface area contributed by atoms with Crippen molar-refractivity contribution in [3.8, 4) is 28.3 Å². The van der Waals surface area contributed by atoms with Crippen LogP contribution in [0.2, 0.25) is 0 Å². The van der Waals surface area contributed by atoms with Crippen molar-refractivity contribution in [3.05, 3.63) is 90.0 Å². The zero-order valence-electron chi connectivity index (χ0n) is 20.9. The molecular formula is C29H31N3O3S2. The number of nitrogens with one attached hydrogen (secondary N) is 1. The molecule has 0 fully saturated rings. The average Bonchev–Trinajstić information content (AvgIpc) is 3.22. The highest BCUT2D eigenvalue weighted by Gasteiger charge is 2.17. The number of rotatable bonds is 9. The Labute approximate surface area is 223 Å². The summed E-state index contributed by atoms with van der Waals surface area (Å²) in [6.07, 6.45) is 3.99. The Morgan fingerprint density at radius 1 is 0.919 bits per heavy atom. The van der Waals surface area contributed by atoms with E-state index >= 15 is 0 Å². The molecule has 0 radical (unpaired) electrons. The first-order valence-electron chi connectivity index (χ1n) is 12.5. The van der Waals surface area contributed by atoms with E-state index in [1.165, 1.54) is 11.1 Å². The minimum absolute atomic E-state index is 0.397.